The average molecular weight is 344 g/mol. The van der Waals surface area contributed by atoms with Crippen molar-refractivity contribution in [2.75, 3.05) is 13.1 Å². The summed E-state index contributed by atoms with van der Waals surface area (Å²) in [6, 6.07) is 6.26. The number of aliphatic hydroxyl groups is 1. The van der Waals surface area contributed by atoms with E-state index in [2.05, 4.69) is 5.32 Å². The van der Waals surface area contributed by atoms with Gasteiger partial charge in [0.05, 0.1) is 6.54 Å². The first-order valence-corrected chi connectivity index (χ1v) is 7.54. The quantitative estimate of drug-likeness (QED) is 0.879. The number of carbonyl (C=O) groups excluding carboxylic acids is 2. The second kappa shape index (κ2) is 6.80. The molecule has 1 fully saturated rings. The van der Waals surface area contributed by atoms with Crippen molar-refractivity contribution in [3.8, 4) is 0 Å². The van der Waals surface area contributed by atoms with E-state index in [-0.39, 0.29) is 24.4 Å². The number of amides is 2. The summed E-state index contributed by atoms with van der Waals surface area (Å²) in [6.45, 7) is 1.10. The molecule has 0 spiro atoms. The summed E-state index contributed by atoms with van der Waals surface area (Å²) in [5.74, 6) is -0.738. The van der Waals surface area contributed by atoms with Gasteiger partial charge in [-0.25, -0.2) is 0 Å². The number of hydrogen-bond donors (Lipinski definition) is 2. The van der Waals surface area contributed by atoms with E-state index in [1.165, 1.54) is 19.1 Å². The molecule has 0 saturated carbocycles. The smallest absolute Gasteiger partial charge is 0.379 e. The predicted octanol–water partition coefficient (Wildman–Crippen LogP) is 1.85. The zero-order valence-electron chi connectivity index (χ0n) is 13.2. The van der Waals surface area contributed by atoms with Crippen LogP contribution in [-0.4, -0.2) is 46.7 Å². The van der Waals surface area contributed by atoms with Crippen LogP contribution < -0.4 is 5.32 Å². The molecule has 1 saturated heterocycles. The minimum atomic E-state index is -4.77. The van der Waals surface area contributed by atoms with Gasteiger partial charge in [0.1, 0.15) is 0 Å². The molecular weight excluding hydrogens is 325 g/mol. The lowest BCUT2D eigenvalue weighted by atomic mass is 9.91. The average Bonchev–Trinajstić information content (AvgIpc) is 2.52. The molecule has 2 amide bonds. The zero-order valence-corrected chi connectivity index (χ0v) is 13.2. The number of nitrogens with zero attached hydrogens (tertiary/aromatic N) is 1. The molecule has 1 aromatic carbocycles. The molecule has 0 bridgehead atoms. The number of nitrogens with one attached hydrogen (secondary N) is 1. The van der Waals surface area contributed by atoms with Crippen LogP contribution in [0.5, 0.6) is 0 Å². The Morgan fingerprint density at radius 2 is 1.92 bits per heavy atom. The van der Waals surface area contributed by atoms with Crippen LogP contribution in [0.3, 0.4) is 0 Å². The van der Waals surface area contributed by atoms with Crippen molar-refractivity contribution in [2.45, 2.75) is 38.1 Å². The molecule has 1 atom stereocenters. The van der Waals surface area contributed by atoms with Crippen LogP contribution in [0.25, 0.3) is 0 Å². The number of rotatable bonds is 3. The molecule has 1 aliphatic heterocycles. The molecule has 1 unspecified atom stereocenters. The summed E-state index contributed by atoms with van der Waals surface area (Å²) < 4.78 is 38.8. The van der Waals surface area contributed by atoms with Crippen LogP contribution >= 0.6 is 0 Å². The Kier molecular flexibility index (Phi) is 5.17. The summed E-state index contributed by atoms with van der Waals surface area (Å²) in [7, 11) is 0. The maximum Gasteiger partial charge on any atom is 0.418 e. The van der Waals surface area contributed by atoms with E-state index >= 15 is 0 Å². The van der Waals surface area contributed by atoms with Crippen molar-refractivity contribution in [3.63, 3.8) is 0 Å². The maximum absolute atomic E-state index is 12.9. The molecule has 0 aromatic heterocycles. The standard InChI is InChI=1S/C16H19F3N2O3/c1-11(22)20-9-12-3-5-13(6-4-12)14(23)21-8-2-7-15(24,10-21)16(17,18)19/h3-6,24H,2,7-10H2,1H3,(H,20,22). The highest BCUT2D eigenvalue weighted by atomic mass is 19.4. The van der Waals surface area contributed by atoms with Gasteiger partial charge in [0.25, 0.3) is 5.91 Å². The highest BCUT2D eigenvalue weighted by Gasteiger charge is 2.55. The van der Waals surface area contributed by atoms with E-state index in [4.69, 9.17) is 0 Å². The number of hydrogen-bond acceptors (Lipinski definition) is 3. The second-order valence-corrected chi connectivity index (χ2v) is 5.97. The summed E-state index contributed by atoms with van der Waals surface area (Å²) in [5.41, 5.74) is -1.84. The molecule has 24 heavy (non-hydrogen) atoms. The number of halogens is 3. The molecule has 8 heteroatoms. The first kappa shape index (κ1) is 18.3. The monoisotopic (exact) mass is 344 g/mol. The fourth-order valence-electron chi connectivity index (χ4n) is 2.62. The number of alkyl halides is 3. The van der Waals surface area contributed by atoms with E-state index in [0.717, 1.165) is 10.5 Å². The van der Waals surface area contributed by atoms with Crippen LogP contribution in [-0.2, 0) is 11.3 Å². The van der Waals surface area contributed by atoms with Gasteiger partial charge in [-0.1, -0.05) is 12.1 Å². The van der Waals surface area contributed by atoms with E-state index in [0.29, 0.717) is 6.54 Å². The molecule has 132 valence electrons. The van der Waals surface area contributed by atoms with Crippen LogP contribution in [0.15, 0.2) is 24.3 Å². The Labute approximate surface area is 137 Å². The second-order valence-electron chi connectivity index (χ2n) is 5.97. The number of piperidine rings is 1. The molecule has 1 heterocycles. The molecule has 1 aromatic rings. The van der Waals surface area contributed by atoms with Crippen molar-refractivity contribution in [3.05, 3.63) is 35.4 Å². The first-order valence-electron chi connectivity index (χ1n) is 7.54. The summed E-state index contributed by atoms with van der Waals surface area (Å²) in [6.07, 6.45) is -5.09. The Bertz CT molecular complexity index is 616. The van der Waals surface area contributed by atoms with E-state index < -0.39 is 30.7 Å². The van der Waals surface area contributed by atoms with E-state index in [1.807, 2.05) is 0 Å². The molecule has 2 rings (SSSR count). The van der Waals surface area contributed by atoms with Gasteiger partial charge in [-0.05, 0) is 30.5 Å². The van der Waals surface area contributed by atoms with Gasteiger partial charge in [-0.15, -0.1) is 0 Å². The van der Waals surface area contributed by atoms with Crippen molar-refractivity contribution in [2.24, 2.45) is 0 Å². The highest BCUT2D eigenvalue weighted by Crippen LogP contribution is 2.37. The van der Waals surface area contributed by atoms with Gasteiger partial charge in [0, 0.05) is 25.6 Å². The molecular formula is C16H19F3N2O3. The fraction of sp³-hybridized carbons (Fsp3) is 0.500. The first-order chi connectivity index (χ1) is 11.1. The van der Waals surface area contributed by atoms with Crippen LogP contribution in [0.2, 0.25) is 0 Å². The number of likely N-dealkylation sites (tertiary alicyclic amines) is 1. The Morgan fingerprint density at radius 1 is 1.29 bits per heavy atom. The SMILES string of the molecule is CC(=O)NCc1ccc(C(=O)N2CCCC(O)(C(F)(F)F)C2)cc1. The van der Waals surface area contributed by atoms with Gasteiger partial charge in [-0.3, -0.25) is 9.59 Å². The van der Waals surface area contributed by atoms with Gasteiger partial charge >= 0.3 is 6.18 Å². The molecule has 1 aliphatic rings. The van der Waals surface area contributed by atoms with Crippen molar-refractivity contribution >= 4 is 11.8 Å². The minimum absolute atomic E-state index is 0.0857. The predicted molar refractivity (Wildman–Crippen MR) is 80.1 cm³/mol. The number of carbonyl (C=O) groups is 2. The lowest BCUT2D eigenvalue weighted by Gasteiger charge is -2.40. The van der Waals surface area contributed by atoms with Crippen LogP contribution in [0, 0.1) is 0 Å². The Balaban J connectivity index is 2.07. The van der Waals surface area contributed by atoms with Gasteiger partial charge in [0.15, 0.2) is 5.60 Å². The van der Waals surface area contributed by atoms with Crippen molar-refractivity contribution < 1.29 is 27.9 Å². The largest absolute Gasteiger partial charge is 0.418 e. The third-order valence-electron chi connectivity index (χ3n) is 4.03. The summed E-state index contributed by atoms with van der Waals surface area (Å²) in [5, 5.41) is 12.4. The van der Waals surface area contributed by atoms with Crippen LogP contribution in [0.4, 0.5) is 13.2 Å². The molecule has 0 radical (unpaired) electrons. The zero-order chi connectivity index (χ0) is 18.0. The molecule has 5 nitrogen and oxygen atoms in total. The lowest BCUT2D eigenvalue weighted by Crippen LogP contribution is -2.58. The van der Waals surface area contributed by atoms with E-state index in [9.17, 15) is 27.9 Å². The minimum Gasteiger partial charge on any atom is -0.379 e. The highest BCUT2D eigenvalue weighted by molar-refractivity contribution is 5.94. The summed E-state index contributed by atoms with van der Waals surface area (Å²) >= 11 is 0. The van der Waals surface area contributed by atoms with E-state index in [1.54, 1.807) is 12.1 Å². The normalized spacial score (nSPS) is 21.5. The Hall–Kier alpha value is -2.09. The van der Waals surface area contributed by atoms with Gasteiger partial charge < -0.3 is 15.3 Å². The summed E-state index contributed by atoms with van der Waals surface area (Å²) in [4.78, 5) is 24.3. The third kappa shape index (κ3) is 4.05. The Morgan fingerprint density at radius 3 is 2.46 bits per heavy atom. The topological polar surface area (TPSA) is 69.6 Å². The maximum atomic E-state index is 12.9. The van der Waals surface area contributed by atoms with Gasteiger partial charge in [0.2, 0.25) is 5.91 Å². The number of β-amino-alcohol motifs (C(OH)–C–C–N with tert-alkyl or cyclic N) is 1. The van der Waals surface area contributed by atoms with Crippen LogP contribution in [0.1, 0.15) is 35.7 Å². The lowest BCUT2D eigenvalue weighted by molar-refractivity contribution is -0.271. The van der Waals surface area contributed by atoms with Gasteiger partial charge in [-0.2, -0.15) is 13.2 Å². The van der Waals surface area contributed by atoms with Crippen molar-refractivity contribution in [1.29, 1.82) is 0 Å². The number of benzene rings is 1. The molecule has 2 N–H and O–H groups in total. The van der Waals surface area contributed by atoms with Crippen molar-refractivity contribution in [1.82, 2.24) is 10.2 Å². The third-order valence-corrected chi connectivity index (χ3v) is 4.03. The fourth-order valence-corrected chi connectivity index (χ4v) is 2.62. The molecule has 0 aliphatic carbocycles.